The maximum Gasteiger partial charge on any atom is 0.376 e. The van der Waals surface area contributed by atoms with Gasteiger partial charge in [-0.1, -0.05) is 0 Å². The first-order valence-electron chi connectivity index (χ1n) is 6.18. The minimum absolute atomic E-state index is 0.0820. The molecular weight excluding hydrogens is 232 g/mol. The normalized spacial score (nSPS) is 14.3. The van der Waals surface area contributed by atoms with Crippen LogP contribution >= 0.6 is 0 Å². The summed E-state index contributed by atoms with van der Waals surface area (Å²) in [5, 5.41) is 6.59. The molecule has 1 aromatic heterocycles. The fraction of sp³-hybridized carbons (Fsp3) is 0.583. The van der Waals surface area contributed by atoms with Crippen molar-refractivity contribution >= 4 is 11.8 Å². The van der Waals surface area contributed by atoms with E-state index >= 15 is 0 Å². The lowest BCUT2D eigenvalue weighted by atomic mass is 10.4. The lowest BCUT2D eigenvalue weighted by molar-refractivity contribution is 0.0587. The smallest absolute Gasteiger partial charge is 0.376 e. The van der Waals surface area contributed by atoms with Crippen molar-refractivity contribution in [3.05, 3.63) is 18.1 Å². The molecule has 0 aromatic carbocycles. The van der Waals surface area contributed by atoms with Crippen LogP contribution in [-0.4, -0.2) is 42.2 Å². The van der Waals surface area contributed by atoms with Crippen LogP contribution in [0.2, 0.25) is 0 Å². The van der Waals surface area contributed by atoms with Crippen molar-refractivity contribution < 1.29 is 9.53 Å². The van der Waals surface area contributed by atoms with Crippen molar-refractivity contribution in [1.82, 2.24) is 15.3 Å². The Bertz CT molecular complexity index is 407. The Labute approximate surface area is 106 Å². The molecule has 1 saturated carbocycles. The summed E-state index contributed by atoms with van der Waals surface area (Å²) >= 11 is 0. The van der Waals surface area contributed by atoms with Crippen LogP contribution in [0.5, 0.6) is 0 Å². The number of nitrogens with zero attached hydrogens (tertiary/aromatic N) is 2. The van der Waals surface area contributed by atoms with Crippen LogP contribution in [-0.2, 0) is 4.74 Å². The fourth-order valence-corrected chi connectivity index (χ4v) is 1.55. The molecule has 0 amide bonds. The lowest BCUT2D eigenvalue weighted by Gasteiger charge is -2.06. The molecule has 0 bridgehead atoms. The molecule has 6 heteroatoms. The molecule has 1 aromatic rings. The first-order chi connectivity index (χ1) is 8.79. The number of aromatic nitrogens is 2. The zero-order valence-electron chi connectivity index (χ0n) is 10.5. The van der Waals surface area contributed by atoms with E-state index in [1.54, 1.807) is 12.3 Å². The van der Waals surface area contributed by atoms with Gasteiger partial charge in [0.05, 0.1) is 7.11 Å². The zero-order chi connectivity index (χ0) is 12.8. The van der Waals surface area contributed by atoms with Gasteiger partial charge in [0.25, 0.3) is 0 Å². The third-order valence-corrected chi connectivity index (χ3v) is 2.69. The van der Waals surface area contributed by atoms with Crippen LogP contribution in [0.25, 0.3) is 0 Å². The summed E-state index contributed by atoms with van der Waals surface area (Å²) in [5.74, 6) is 0.212. The van der Waals surface area contributed by atoms with Gasteiger partial charge in [-0.3, -0.25) is 0 Å². The van der Waals surface area contributed by atoms with Crippen molar-refractivity contribution in [3.63, 3.8) is 0 Å². The van der Waals surface area contributed by atoms with Crippen LogP contribution in [0, 0.1) is 0 Å². The second-order valence-corrected chi connectivity index (χ2v) is 4.27. The molecule has 0 atom stereocenters. The zero-order valence-corrected chi connectivity index (χ0v) is 10.5. The van der Waals surface area contributed by atoms with Gasteiger partial charge in [0.2, 0.25) is 5.82 Å². The summed E-state index contributed by atoms with van der Waals surface area (Å²) < 4.78 is 4.57. The Balaban J connectivity index is 1.72. The van der Waals surface area contributed by atoms with E-state index in [4.69, 9.17) is 0 Å². The Morgan fingerprint density at radius 2 is 2.33 bits per heavy atom. The number of nitrogens with one attached hydrogen (secondary N) is 2. The number of methoxy groups -OCH3 is 1. The van der Waals surface area contributed by atoms with Crippen LogP contribution in [0.15, 0.2) is 12.3 Å². The van der Waals surface area contributed by atoms with E-state index in [2.05, 4.69) is 25.3 Å². The van der Waals surface area contributed by atoms with Crippen molar-refractivity contribution in [2.24, 2.45) is 0 Å². The number of ether oxygens (including phenoxy) is 1. The predicted molar refractivity (Wildman–Crippen MR) is 67.5 cm³/mol. The average Bonchev–Trinajstić information content (AvgIpc) is 3.22. The van der Waals surface area contributed by atoms with E-state index in [1.807, 2.05) is 0 Å². The van der Waals surface area contributed by atoms with Gasteiger partial charge in [0.1, 0.15) is 5.82 Å². The summed E-state index contributed by atoms with van der Waals surface area (Å²) in [6.45, 7) is 1.82. The van der Waals surface area contributed by atoms with Gasteiger partial charge in [-0.2, -0.15) is 0 Å². The van der Waals surface area contributed by atoms with Crippen molar-refractivity contribution in [3.8, 4) is 0 Å². The largest absolute Gasteiger partial charge is 0.463 e. The molecule has 2 rings (SSSR count). The quantitative estimate of drug-likeness (QED) is 0.551. The van der Waals surface area contributed by atoms with Crippen molar-refractivity contribution in [2.75, 3.05) is 25.5 Å². The third kappa shape index (κ3) is 3.96. The highest BCUT2D eigenvalue weighted by Crippen LogP contribution is 2.18. The number of carbonyl (C=O) groups is 1. The molecule has 0 aliphatic heterocycles. The molecule has 1 heterocycles. The van der Waals surface area contributed by atoms with Gasteiger partial charge in [-0.25, -0.2) is 14.8 Å². The Morgan fingerprint density at radius 1 is 1.50 bits per heavy atom. The summed E-state index contributed by atoms with van der Waals surface area (Å²) in [6, 6.07) is 2.48. The SMILES string of the molecule is COC(=O)c1nccc(NCCCNC2CC2)n1. The number of hydrogen-bond donors (Lipinski definition) is 2. The second-order valence-electron chi connectivity index (χ2n) is 4.27. The van der Waals surface area contributed by atoms with Gasteiger partial charge in [0.15, 0.2) is 0 Å². The molecule has 1 fully saturated rings. The number of esters is 1. The van der Waals surface area contributed by atoms with Crippen LogP contribution in [0.3, 0.4) is 0 Å². The number of anilines is 1. The molecule has 1 aliphatic carbocycles. The molecule has 2 N–H and O–H groups in total. The summed E-state index contributed by atoms with van der Waals surface area (Å²) in [7, 11) is 1.31. The van der Waals surface area contributed by atoms with E-state index in [1.165, 1.54) is 20.0 Å². The lowest BCUT2D eigenvalue weighted by Crippen LogP contribution is -2.20. The Hall–Kier alpha value is -1.69. The maximum absolute atomic E-state index is 11.2. The van der Waals surface area contributed by atoms with Crippen LogP contribution < -0.4 is 10.6 Å². The molecule has 18 heavy (non-hydrogen) atoms. The van der Waals surface area contributed by atoms with E-state index in [0.29, 0.717) is 5.82 Å². The second kappa shape index (κ2) is 6.30. The highest BCUT2D eigenvalue weighted by atomic mass is 16.5. The number of hydrogen-bond acceptors (Lipinski definition) is 6. The molecular formula is C12H18N4O2. The molecule has 0 radical (unpaired) electrons. The highest BCUT2D eigenvalue weighted by molar-refractivity contribution is 5.85. The molecule has 1 aliphatic rings. The van der Waals surface area contributed by atoms with Gasteiger partial charge >= 0.3 is 5.97 Å². The number of carbonyl (C=O) groups excluding carboxylic acids is 1. The number of rotatable bonds is 7. The minimum atomic E-state index is -0.519. The highest BCUT2D eigenvalue weighted by Gasteiger charge is 2.19. The Morgan fingerprint density at radius 3 is 3.06 bits per heavy atom. The topological polar surface area (TPSA) is 76.1 Å². The van der Waals surface area contributed by atoms with E-state index in [-0.39, 0.29) is 5.82 Å². The first-order valence-corrected chi connectivity index (χ1v) is 6.18. The molecule has 6 nitrogen and oxygen atoms in total. The van der Waals surface area contributed by atoms with Crippen LogP contribution in [0.4, 0.5) is 5.82 Å². The standard InChI is InChI=1S/C12H18N4O2/c1-18-12(17)11-15-8-5-10(16-11)14-7-2-6-13-9-3-4-9/h5,8-9,13H,2-4,6-7H2,1H3,(H,14,15,16). The summed E-state index contributed by atoms with van der Waals surface area (Å²) in [4.78, 5) is 19.2. The summed E-state index contributed by atoms with van der Waals surface area (Å²) in [5.41, 5.74) is 0. The molecule has 98 valence electrons. The van der Waals surface area contributed by atoms with E-state index in [0.717, 1.165) is 25.6 Å². The maximum atomic E-state index is 11.2. The predicted octanol–water partition coefficient (Wildman–Crippen LogP) is 0.817. The fourth-order valence-electron chi connectivity index (χ4n) is 1.55. The molecule has 0 saturated heterocycles. The van der Waals surface area contributed by atoms with E-state index in [9.17, 15) is 4.79 Å². The molecule has 0 unspecified atom stereocenters. The summed E-state index contributed by atoms with van der Waals surface area (Å²) in [6.07, 6.45) is 5.18. The van der Waals surface area contributed by atoms with Gasteiger partial charge in [-0.15, -0.1) is 0 Å². The molecule has 0 spiro atoms. The van der Waals surface area contributed by atoms with Gasteiger partial charge < -0.3 is 15.4 Å². The van der Waals surface area contributed by atoms with Gasteiger partial charge in [-0.05, 0) is 31.9 Å². The van der Waals surface area contributed by atoms with E-state index < -0.39 is 5.97 Å². The monoisotopic (exact) mass is 250 g/mol. The average molecular weight is 250 g/mol. The van der Waals surface area contributed by atoms with Crippen molar-refractivity contribution in [1.29, 1.82) is 0 Å². The van der Waals surface area contributed by atoms with Gasteiger partial charge in [0, 0.05) is 18.8 Å². The minimum Gasteiger partial charge on any atom is -0.463 e. The Kier molecular flexibility index (Phi) is 4.46. The first kappa shape index (κ1) is 12.8. The third-order valence-electron chi connectivity index (χ3n) is 2.69. The van der Waals surface area contributed by atoms with Crippen LogP contribution in [0.1, 0.15) is 29.9 Å². The van der Waals surface area contributed by atoms with Crippen molar-refractivity contribution in [2.45, 2.75) is 25.3 Å².